The highest BCUT2D eigenvalue weighted by atomic mass is 32.1. The van der Waals surface area contributed by atoms with Crippen LogP contribution in [-0.2, 0) is 6.54 Å². The Bertz CT molecular complexity index is 319. The van der Waals surface area contributed by atoms with E-state index < -0.39 is 0 Å². The average molecular weight is 240 g/mol. The highest BCUT2D eigenvalue weighted by Gasteiger charge is 2.09. The number of nitrogens with two attached hydrogens (primary N) is 1. The Morgan fingerprint density at radius 2 is 2.38 bits per heavy atom. The molecule has 0 fully saturated rings. The molecular weight excluding hydrogens is 220 g/mol. The zero-order valence-corrected chi connectivity index (χ0v) is 10.9. The Hall–Kier alpha value is -1.07. The van der Waals surface area contributed by atoms with Crippen molar-refractivity contribution in [3.05, 3.63) is 22.4 Å². The fourth-order valence-corrected chi connectivity index (χ4v) is 2.10. The van der Waals surface area contributed by atoms with Gasteiger partial charge < -0.3 is 4.90 Å². The number of hydrazine groups is 1. The summed E-state index contributed by atoms with van der Waals surface area (Å²) in [5, 5.41) is 2.08. The Morgan fingerprint density at radius 1 is 1.62 bits per heavy atom. The molecule has 4 nitrogen and oxygen atoms in total. The second-order valence-corrected chi connectivity index (χ2v) is 4.82. The summed E-state index contributed by atoms with van der Waals surface area (Å²) in [6.45, 7) is 7.91. The van der Waals surface area contributed by atoms with Crippen molar-refractivity contribution in [3.63, 3.8) is 0 Å². The summed E-state index contributed by atoms with van der Waals surface area (Å²) in [6.07, 6.45) is 0. The predicted octanol–water partition coefficient (Wildman–Crippen LogP) is 1.80. The van der Waals surface area contributed by atoms with Crippen molar-refractivity contribution in [2.45, 2.75) is 33.4 Å². The highest BCUT2D eigenvalue weighted by Crippen LogP contribution is 2.11. The van der Waals surface area contributed by atoms with Gasteiger partial charge in [0.2, 0.25) is 5.96 Å². The first kappa shape index (κ1) is 13.0. The fraction of sp³-hybridized carbons (Fsp3) is 0.545. The Morgan fingerprint density at radius 3 is 2.81 bits per heavy atom. The molecule has 3 N–H and O–H groups in total. The fourth-order valence-electron chi connectivity index (χ4n) is 1.38. The summed E-state index contributed by atoms with van der Waals surface area (Å²) in [5.41, 5.74) is 2.68. The zero-order valence-electron chi connectivity index (χ0n) is 10.1. The van der Waals surface area contributed by atoms with Crippen molar-refractivity contribution in [2.24, 2.45) is 10.8 Å². The van der Waals surface area contributed by atoms with Crippen LogP contribution in [0.4, 0.5) is 0 Å². The molecule has 0 atom stereocenters. The molecule has 0 bridgehead atoms. The van der Waals surface area contributed by atoms with Gasteiger partial charge in [0.05, 0.1) is 6.54 Å². The van der Waals surface area contributed by atoms with Crippen molar-refractivity contribution in [1.29, 1.82) is 0 Å². The number of hydrogen-bond donors (Lipinski definition) is 2. The van der Waals surface area contributed by atoms with Gasteiger partial charge in [0, 0.05) is 17.5 Å². The van der Waals surface area contributed by atoms with Gasteiger partial charge in [-0.1, -0.05) is 6.07 Å². The van der Waals surface area contributed by atoms with Crippen LogP contribution in [0.3, 0.4) is 0 Å². The van der Waals surface area contributed by atoms with E-state index in [1.54, 1.807) is 11.3 Å². The van der Waals surface area contributed by atoms with Gasteiger partial charge in [0.15, 0.2) is 0 Å². The minimum absolute atomic E-state index is 0.239. The number of nitrogens with zero attached hydrogens (tertiary/aromatic N) is 2. The second-order valence-electron chi connectivity index (χ2n) is 3.78. The zero-order chi connectivity index (χ0) is 12.0. The van der Waals surface area contributed by atoms with E-state index in [9.17, 15) is 0 Å². The smallest absolute Gasteiger partial charge is 0.208 e. The van der Waals surface area contributed by atoms with E-state index in [2.05, 4.69) is 39.8 Å². The summed E-state index contributed by atoms with van der Waals surface area (Å²) in [4.78, 5) is 7.90. The maximum absolute atomic E-state index is 5.51. The summed E-state index contributed by atoms with van der Waals surface area (Å²) >= 11 is 1.75. The van der Waals surface area contributed by atoms with E-state index in [1.807, 2.05) is 13.8 Å². The first-order valence-corrected chi connectivity index (χ1v) is 6.37. The first-order valence-electron chi connectivity index (χ1n) is 5.49. The molecule has 0 saturated carbocycles. The number of thiophene rings is 1. The molecule has 0 saturated heterocycles. The number of aliphatic imine (C=N–C) groups is 1. The minimum atomic E-state index is 0.239. The van der Waals surface area contributed by atoms with E-state index >= 15 is 0 Å². The second kappa shape index (κ2) is 6.50. The van der Waals surface area contributed by atoms with Crippen molar-refractivity contribution < 1.29 is 0 Å². The molecule has 5 heteroatoms. The normalized spacial score (nSPS) is 11.9. The number of guanidine groups is 1. The summed E-state index contributed by atoms with van der Waals surface area (Å²) < 4.78 is 0. The van der Waals surface area contributed by atoms with Gasteiger partial charge in [-0.2, -0.15) is 0 Å². The molecule has 16 heavy (non-hydrogen) atoms. The average Bonchev–Trinajstić information content (AvgIpc) is 2.75. The highest BCUT2D eigenvalue weighted by molar-refractivity contribution is 7.09. The van der Waals surface area contributed by atoms with E-state index in [4.69, 9.17) is 5.84 Å². The molecule has 1 heterocycles. The summed E-state index contributed by atoms with van der Waals surface area (Å²) in [5.74, 6) is 6.26. The van der Waals surface area contributed by atoms with Crippen LogP contribution in [0.15, 0.2) is 22.5 Å². The van der Waals surface area contributed by atoms with Crippen LogP contribution in [0, 0.1) is 0 Å². The number of hydrogen-bond acceptors (Lipinski definition) is 3. The lowest BCUT2D eigenvalue weighted by Gasteiger charge is -2.24. The molecule has 0 aliphatic carbocycles. The van der Waals surface area contributed by atoms with E-state index in [0.29, 0.717) is 0 Å². The van der Waals surface area contributed by atoms with Crippen molar-refractivity contribution >= 4 is 17.3 Å². The predicted molar refractivity (Wildman–Crippen MR) is 70.3 cm³/mol. The SMILES string of the molecule is CCN(Cc1cccs1)C(=NC(C)C)NN. The van der Waals surface area contributed by atoms with Crippen LogP contribution in [-0.4, -0.2) is 23.4 Å². The van der Waals surface area contributed by atoms with Crippen LogP contribution in [0.5, 0.6) is 0 Å². The summed E-state index contributed by atoms with van der Waals surface area (Å²) in [6, 6.07) is 4.42. The molecular formula is C11H20N4S. The van der Waals surface area contributed by atoms with E-state index in [0.717, 1.165) is 19.0 Å². The third kappa shape index (κ3) is 3.83. The molecule has 0 radical (unpaired) electrons. The van der Waals surface area contributed by atoms with Crippen LogP contribution in [0.2, 0.25) is 0 Å². The molecule has 1 aromatic heterocycles. The van der Waals surface area contributed by atoms with E-state index in [-0.39, 0.29) is 6.04 Å². The molecule has 1 aromatic rings. The van der Waals surface area contributed by atoms with Crippen molar-refractivity contribution in [2.75, 3.05) is 6.54 Å². The maximum atomic E-state index is 5.51. The molecule has 0 spiro atoms. The monoisotopic (exact) mass is 240 g/mol. The van der Waals surface area contributed by atoms with Crippen molar-refractivity contribution in [3.8, 4) is 0 Å². The summed E-state index contributed by atoms with van der Waals surface area (Å²) in [7, 11) is 0. The van der Waals surface area contributed by atoms with Crippen molar-refractivity contribution in [1.82, 2.24) is 10.3 Å². The third-order valence-electron chi connectivity index (χ3n) is 2.12. The van der Waals surface area contributed by atoms with Gasteiger partial charge >= 0.3 is 0 Å². The van der Waals surface area contributed by atoms with Gasteiger partial charge in [-0.05, 0) is 32.2 Å². The quantitative estimate of drug-likeness (QED) is 0.365. The molecule has 1 rings (SSSR count). The molecule has 90 valence electrons. The van der Waals surface area contributed by atoms with E-state index in [1.165, 1.54) is 4.88 Å². The molecule has 0 aromatic carbocycles. The lowest BCUT2D eigenvalue weighted by Crippen LogP contribution is -2.44. The Balaban J connectivity index is 2.72. The molecule has 0 aliphatic heterocycles. The van der Waals surface area contributed by atoms with Gasteiger partial charge in [-0.25, -0.2) is 10.8 Å². The number of nitrogens with one attached hydrogen (secondary N) is 1. The van der Waals surface area contributed by atoms with Crippen LogP contribution >= 0.6 is 11.3 Å². The first-order chi connectivity index (χ1) is 7.67. The third-order valence-corrected chi connectivity index (χ3v) is 2.98. The maximum Gasteiger partial charge on any atom is 0.208 e. The van der Waals surface area contributed by atoms with Crippen LogP contribution in [0.1, 0.15) is 25.6 Å². The Labute approximate surface area is 101 Å². The number of rotatable bonds is 4. The minimum Gasteiger partial charge on any atom is -0.337 e. The topological polar surface area (TPSA) is 53.6 Å². The standard InChI is InChI=1S/C11H20N4S/c1-4-15(8-10-6-5-7-16-10)11(14-12)13-9(2)3/h5-7,9H,4,8,12H2,1-3H3,(H,13,14). The molecule has 0 aliphatic rings. The lowest BCUT2D eigenvalue weighted by molar-refractivity contribution is 0.418. The van der Waals surface area contributed by atoms with Gasteiger partial charge in [-0.15, -0.1) is 11.3 Å². The molecule has 0 amide bonds. The largest absolute Gasteiger partial charge is 0.337 e. The van der Waals surface area contributed by atoms with Gasteiger partial charge in [0.25, 0.3) is 0 Å². The molecule has 0 unspecified atom stereocenters. The van der Waals surface area contributed by atoms with Gasteiger partial charge in [-0.3, -0.25) is 5.43 Å². The van der Waals surface area contributed by atoms with Crippen LogP contribution in [0.25, 0.3) is 0 Å². The van der Waals surface area contributed by atoms with Crippen LogP contribution < -0.4 is 11.3 Å². The Kier molecular flexibility index (Phi) is 5.28. The van der Waals surface area contributed by atoms with Gasteiger partial charge in [0.1, 0.15) is 0 Å². The lowest BCUT2D eigenvalue weighted by atomic mass is 10.4.